The Labute approximate surface area is 128 Å². The van der Waals surface area contributed by atoms with Gasteiger partial charge >= 0.3 is 0 Å². The summed E-state index contributed by atoms with van der Waals surface area (Å²) >= 11 is 0. The van der Waals surface area contributed by atoms with E-state index in [0.717, 1.165) is 27.9 Å². The molecule has 0 aliphatic rings. The number of fused-ring (bicyclic) bond motifs is 2. The molecule has 1 aromatic heterocycles. The van der Waals surface area contributed by atoms with E-state index in [-0.39, 0.29) is 0 Å². The first-order chi connectivity index (χ1) is 10.9. The van der Waals surface area contributed by atoms with Gasteiger partial charge in [-0.2, -0.15) is 0 Å². The monoisotopic (exact) mass is 286 g/mol. The number of benzene rings is 3. The van der Waals surface area contributed by atoms with Gasteiger partial charge in [-0.1, -0.05) is 48.5 Å². The van der Waals surface area contributed by atoms with Crippen molar-refractivity contribution in [3.8, 4) is 5.75 Å². The van der Waals surface area contributed by atoms with Crippen molar-refractivity contribution in [2.75, 3.05) is 0 Å². The molecule has 0 saturated heterocycles. The van der Waals surface area contributed by atoms with Crippen LogP contribution in [-0.2, 0) is 6.61 Å². The Morgan fingerprint density at radius 3 is 2.50 bits per heavy atom. The lowest BCUT2D eigenvalue weighted by atomic mass is 10.1. The lowest BCUT2D eigenvalue weighted by molar-refractivity contribution is 0.305. The maximum absolute atomic E-state index is 5.95. The molecule has 0 atom stereocenters. The molecule has 0 saturated carbocycles. The predicted octanol–water partition coefficient (Wildman–Crippen LogP) is 4.36. The van der Waals surface area contributed by atoms with E-state index in [2.05, 4.69) is 28.2 Å². The summed E-state index contributed by atoms with van der Waals surface area (Å²) in [5, 5.41) is 2.28. The Morgan fingerprint density at radius 2 is 1.55 bits per heavy atom. The maximum Gasteiger partial charge on any atom is 0.132 e. The minimum atomic E-state index is 0.409. The van der Waals surface area contributed by atoms with Crippen LogP contribution in [0.5, 0.6) is 5.75 Å². The van der Waals surface area contributed by atoms with Gasteiger partial charge in [0.15, 0.2) is 0 Å². The molecule has 3 heteroatoms. The van der Waals surface area contributed by atoms with Crippen molar-refractivity contribution in [2.24, 2.45) is 0 Å². The highest BCUT2D eigenvalue weighted by atomic mass is 16.5. The smallest absolute Gasteiger partial charge is 0.132 e. The van der Waals surface area contributed by atoms with Crippen molar-refractivity contribution in [2.45, 2.75) is 6.61 Å². The van der Waals surface area contributed by atoms with Crippen molar-refractivity contribution in [1.82, 2.24) is 9.97 Å². The molecule has 0 unspecified atom stereocenters. The minimum Gasteiger partial charge on any atom is -0.487 e. The summed E-state index contributed by atoms with van der Waals surface area (Å²) in [6, 6.07) is 22.1. The number of ether oxygens (including phenoxy) is 1. The first kappa shape index (κ1) is 12.8. The number of hydrogen-bond acceptors (Lipinski definition) is 3. The summed E-state index contributed by atoms with van der Waals surface area (Å²) in [6.07, 6.45) is 1.77. The van der Waals surface area contributed by atoms with Gasteiger partial charge in [-0.05, 0) is 23.6 Å². The van der Waals surface area contributed by atoms with Gasteiger partial charge in [0.2, 0.25) is 0 Å². The van der Waals surface area contributed by atoms with E-state index >= 15 is 0 Å². The largest absolute Gasteiger partial charge is 0.487 e. The molecular formula is C19H14N2O. The highest BCUT2D eigenvalue weighted by Crippen LogP contribution is 2.25. The maximum atomic E-state index is 5.95. The Hall–Kier alpha value is -2.94. The zero-order valence-corrected chi connectivity index (χ0v) is 11.9. The van der Waals surface area contributed by atoms with Crippen LogP contribution in [0.4, 0.5) is 0 Å². The van der Waals surface area contributed by atoms with Crippen LogP contribution in [0.2, 0.25) is 0 Å². The lowest BCUT2D eigenvalue weighted by Gasteiger charge is -2.09. The molecule has 4 rings (SSSR count). The summed E-state index contributed by atoms with van der Waals surface area (Å²) in [5.41, 5.74) is 2.62. The lowest BCUT2D eigenvalue weighted by Crippen LogP contribution is -2.00. The Kier molecular flexibility index (Phi) is 3.16. The van der Waals surface area contributed by atoms with E-state index in [9.17, 15) is 0 Å². The molecule has 4 aromatic rings. The van der Waals surface area contributed by atoms with Crippen LogP contribution in [0.3, 0.4) is 0 Å². The van der Waals surface area contributed by atoms with Gasteiger partial charge in [-0.25, -0.2) is 4.98 Å². The van der Waals surface area contributed by atoms with Crippen LogP contribution in [0.15, 0.2) is 72.9 Å². The fraction of sp³-hybridized carbons (Fsp3) is 0.0526. The second-order valence-corrected chi connectivity index (χ2v) is 5.12. The normalized spacial score (nSPS) is 10.9. The van der Waals surface area contributed by atoms with Crippen LogP contribution in [0.1, 0.15) is 5.69 Å². The third-order valence-electron chi connectivity index (χ3n) is 3.62. The number of nitrogens with zero attached hydrogens (tertiary/aromatic N) is 2. The van der Waals surface area contributed by atoms with Crippen LogP contribution >= 0.6 is 0 Å². The summed E-state index contributed by atoms with van der Waals surface area (Å²) in [6.45, 7) is 0.409. The fourth-order valence-electron chi connectivity index (χ4n) is 2.54. The molecule has 0 radical (unpaired) electrons. The van der Waals surface area contributed by atoms with Crippen molar-refractivity contribution < 1.29 is 4.74 Å². The second kappa shape index (κ2) is 5.45. The van der Waals surface area contributed by atoms with Crippen LogP contribution < -0.4 is 4.74 Å². The van der Waals surface area contributed by atoms with Gasteiger partial charge in [-0.15, -0.1) is 0 Å². The molecule has 0 fully saturated rings. The third-order valence-corrected chi connectivity index (χ3v) is 3.62. The Bertz CT molecular complexity index is 944. The molecule has 0 aliphatic heterocycles. The Morgan fingerprint density at radius 1 is 0.773 bits per heavy atom. The quantitative estimate of drug-likeness (QED) is 0.561. The summed E-state index contributed by atoms with van der Waals surface area (Å²) < 4.78 is 5.95. The van der Waals surface area contributed by atoms with Crippen molar-refractivity contribution in [3.63, 3.8) is 0 Å². The highest BCUT2D eigenvalue weighted by Gasteiger charge is 2.04. The minimum absolute atomic E-state index is 0.409. The molecule has 3 aromatic carbocycles. The molecule has 0 spiro atoms. The number of rotatable bonds is 3. The molecule has 106 valence electrons. The van der Waals surface area contributed by atoms with E-state index < -0.39 is 0 Å². The average Bonchev–Trinajstić information content (AvgIpc) is 2.60. The number of aromatic nitrogens is 2. The molecule has 3 nitrogen and oxygen atoms in total. The van der Waals surface area contributed by atoms with Gasteiger partial charge < -0.3 is 4.74 Å². The predicted molar refractivity (Wildman–Crippen MR) is 87.8 cm³/mol. The molecule has 0 amide bonds. The van der Waals surface area contributed by atoms with Gasteiger partial charge in [0, 0.05) is 5.39 Å². The second-order valence-electron chi connectivity index (χ2n) is 5.12. The molecule has 22 heavy (non-hydrogen) atoms. The number of para-hydroxylation sites is 2. The first-order valence-corrected chi connectivity index (χ1v) is 7.21. The summed E-state index contributed by atoms with van der Waals surface area (Å²) in [4.78, 5) is 9.00. The highest BCUT2D eigenvalue weighted by molar-refractivity contribution is 5.88. The topological polar surface area (TPSA) is 35.0 Å². The van der Waals surface area contributed by atoms with E-state index in [1.165, 1.54) is 5.39 Å². The Balaban J connectivity index is 1.63. The standard InChI is InChI=1S/C19H14N2O/c1-2-8-16-14(6-1)7-5-11-19(16)22-13-15-12-20-17-9-3-4-10-18(17)21-15/h1-12H,13H2. The zero-order valence-electron chi connectivity index (χ0n) is 11.9. The summed E-state index contributed by atoms with van der Waals surface area (Å²) in [7, 11) is 0. The third kappa shape index (κ3) is 2.37. The van der Waals surface area contributed by atoms with Crippen molar-refractivity contribution in [1.29, 1.82) is 0 Å². The summed E-state index contributed by atoms with van der Waals surface area (Å²) in [5.74, 6) is 0.869. The van der Waals surface area contributed by atoms with E-state index in [0.29, 0.717) is 6.61 Å². The molecule has 1 heterocycles. The van der Waals surface area contributed by atoms with Crippen LogP contribution in [0.25, 0.3) is 21.8 Å². The first-order valence-electron chi connectivity index (χ1n) is 7.21. The van der Waals surface area contributed by atoms with Crippen molar-refractivity contribution >= 4 is 21.8 Å². The zero-order chi connectivity index (χ0) is 14.8. The van der Waals surface area contributed by atoms with E-state index in [4.69, 9.17) is 4.74 Å². The van der Waals surface area contributed by atoms with Gasteiger partial charge in [0.1, 0.15) is 12.4 Å². The van der Waals surface area contributed by atoms with Crippen LogP contribution in [0, 0.1) is 0 Å². The fourth-order valence-corrected chi connectivity index (χ4v) is 2.54. The van der Waals surface area contributed by atoms with Crippen molar-refractivity contribution in [3.05, 3.63) is 78.6 Å². The van der Waals surface area contributed by atoms with E-state index in [1.54, 1.807) is 6.20 Å². The molecule has 0 aliphatic carbocycles. The molecule has 0 bridgehead atoms. The SMILES string of the molecule is c1ccc2c(OCc3cnc4ccccc4n3)cccc2c1. The molecule has 0 N–H and O–H groups in total. The van der Waals surface area contributed by atoms with E-state index in [1.807, 2.05) is 48.5 Å². The van der Waals surface area contributed by atoms with Crippen LogP contribution in [-0.4, -0.2) is 9.97 Å². The van der Waals surface area contributed by atoms with Gasteiger partial charge in [0.25, 0.3) is 0 Å². The molecular weight excluding hydrogens is 272 g/mol. The average molecular weight is 286 g/mol. The van der Waals surface area contributed by atoms with Gasteiger partial charge in [0.05, 0.1) is 22.9 Å². The number of hydrogen-bond donors (Lipinski definition) is 0. The van der Waals surface area contributed by atoms with Gasteiger partial charge in [-0.3, -0.25) is 4.98 Å².